The molecule has 96 valence electrons. The third-order valence-corrected chi connectivity index (χ3v) is 2.93. The van der Waals surface area contributed by atoms with Crippen molar-refractivity contribution in [3.63, 3.8) is 0 Å². The SMILES string of the molecule is CCCNC(C)CCCCn1ccccc1=O. The molecule has 1 N–H and O–H groups in total. The molecule has 0 aromatic carbocycles. The zero-order valence-corrected chi connectivity index (χ0v) is 11.0. The first-order chi connectivity index (χ1) is 8.24. The molecule has 0 spiro atoms. The molecule has 1 aromatic rings. The minimum atomic E-state index is 0.102. The van der Waals surface area contributed by atoms with Crippen LogP contribution in [0.15, 0.2) is 29.2 Å². The van der Waals surface area contributed by atoms with Crippen molar-refractivity contribution >= 4 is 0 Å². The summed E-state index contributed by atoms with van der Waals surface area (Å²) in [6.07, 6.45) is 6.47. The highest BCUT2D eigenvalue weighted by molar-refractivity contribution is 4.92. The molecule has 0 aliphatic carbocycles. The number of hydrogen-bond donors (Lipinski definition) is 1. The lowest BCUT2D eigenvalue weighted by atomic mass is 10.1. The Balaban J connectivity index is 2.16. The van der Waals surface area contributed by atoms with Gasteiger partial charge in [-0.25, -0.2) is 0 Å². The quantitative estimate of drug-likeness (QED) is 0.703. The van der Waals surface area contributed by atoms with E-state index in [1.165, 1.54) is 19.3 Å². The number of rotatable bonds is 8. The van der Waals surface area contributed by atoms with E-state index in [2.05, 4.69) is 19.2 Å². The van der Waals surface area contributed by atoms with Gasteiger partial charge in [0, 0.05) is 24.8 Å². The van der Waals surface area contributed by atoms with Crippen LogP contribution in [0.4, 0.5) is 0 Å². The molecule has 0 fully saturated rings. The summed E-state index contributed by atoms with van der Waals surface area (Å²) in [5, 5.41) is 3.47. The summed E-state index contributed by atoms with van der Waals surface area (Å²) in [5.74, 6) is 0. The maximum Gasteiger partial charge on any atom is 0.250 e. The van der Waals surface area contributed by atoms with Gasteiger partial charge in [0.1, 0.15) is 0 Å². The van der Waals surface area contributed by atoms with Gasteiger partial charge in [-0.2, -0.15) is 0 Å². The van der Waals surface area contributed by atoms with Gasteiger partial charge in [-0.15, -0.1) is 0 Å². The van der Waals surface area contributed by atoms with E-state index in [0.29, 0.717) is 6.04 Å². The zero-order valence-electron chi connectivity index (χ0n) is 11.0. The number of unbranched alkanes of at least 4 members (excludes halogenated alkanes) is 1. The van der Waals surface area contributed by atoms with Crippen LogP contribution in [0.1, 0.15) is 39.5 Å². The fourth-order valence-electron chi connectivity index (χ4n) is 1.87. The molecule has 0 amide bonds. The van der Waals surface area contributed by atoms with Crippen molar-refractivity contribution in [2.75, 3.05) is 6.54 Å². The number of pyridine rings is 1. The molecule has 0 aliphatic rings. The normalized spacial score (nSPS) is 12.6. The van der Waals surface area contributed by atoms with E-state index in [1.807, 2.05) is 12.3 Å². The molecule has 1 heterocycles. The lowest BCUT2D eigenvalue weighted by Gasteiger charge is -2.12. The van der Waals surface area contributed by atoms with Gasteiger partial charge in [0.05, 0.1) is 0 Å². The summed E-state index contributed by atoms with van der Waals surface area (Å²) in [4.78, 5) is 11.4. The largest absolute Gasteiger partial charge is 0.316 e. The van der Waals surface area contributed by atoms with Crippen molar-refractivity contribution in [1.82, 2.24) is 9.88 Å². The Morgan fingerprint density at radius 2 is 2.18 bits per heavy atom. The summed E-state index contributed by atoms with van der Waals surface area (Å²) in [5.41, 5.74) is 0.102. The molecule has 1 rings (SSSR count). The van der Waals surface area contributed by atoms with E-state index in [9.17, 15) is 4.79 Å². The van der Waals surface area contributed by atoms with Crippen molar-refractivity contribution in [3.05, 3.63) is 34.7 Å². The molecule has 1 aromatic heterocycles. The molecule has 0 bridgehead atoms. The molecule has 1 unspecified atom stereocenters. The standard InChI is InChI=1S/C14H24N2O/c1-3-10-15-13(2)8-4-6-11-16-12-7-5-9-14(16)17/h5,7,9,12-13,15H,3-4,6,8,10-11H2,1-2H3. The monoisotopic (exact) mass is 236 g/mol. The van der Waals surface area contributed by atoms with Crippen LogP contribution in [0.3, 0.4) is 0 Å². The Hall–Kier alpha value is -1.09. The summed E-state index contributed by atoms with van der Waals surface area (Å²) in [7, 11) is 0. The maximum absolute atomic E-state index is 11.4. The van der Waals surface area contributed by atoms with Crippen molar-refractivity contribution in [3.8, 4) is 0 Å². The second-order valence-electron chi connectivity index (χ2n) is 4.58. The van der Waals surface area contributed by atoms with Crippen LogP contribution in [-0.4, -0.2) is 17.2 Å². The van der Waals surface area contributed by atoms with Crippen LogP contribution in [0.2, 0.25) is 0 Å². The third kappa shape index (κ3) is 5.68. The van der Waals surface area contributed by atoms with E-state index in [-0.39, 0.29) is 5.56 Å². The van der Waals surface area contributed by atoms with Crippen LogP contribution < -0.4 is 10.9 Å². The summed E-state index contributed by atoms with van der Waals surface area (Å²) >= 11 is 0. The topological polar surface area (TPSA) is 34.0 Å². The van der Waals surface area contributed by atoms with Crippen LogP contribution in [0.25, 0.3) is 0 Å². The predicted octanol–water partition coefficient (Wildman–Crippen LogP) is 2.41. The molecule has 17 heavy (non-hydrogen) atoms. The first kappa shape index (κ1) is 14.0. The van der Waals surface area contributed by atoms with Crippen molar-refractivity contribution in [1.29, 1.82) is 0 Å². The molecule has 3 heteroatoms. The Morgan fingerprint density at radius 3 is 2.88 bits per heavy atom. The molecule has 1 atom stereocenters. The van der Waals surface area contributed by atoms with Gasteiger partial charge in [0.2, 0.25) is 5.56 Å². The van der Waals surface area contributed by atoms with Gasteiger partial charge in [-0.3, -0.25) is 4.79 Å². The van der Waals surface area contributed by atoms with E-state index in [0.717, 1.165) is 19.5 Å². The van der Waals surface area contributed by atoms with Gasteiger partial charge in [0.15, 0.2) is 0 Å². The number of aryl methyl sites for hydroxylation is 1. The zero-order chi connectivity index (χ0) is 12.5. The van der Waals surface area contributed by atoms with Crippen molar-refractivity contribution in [2.45, 2.75) is 52.1 Å². The average Bonchev–Trinajstić information content (AvgIpc) is 2.34. The summed E-state index contributed by atoms with van der Waals surface area (Å²) in [6.45, 7) is 6.34. The van der Waals surface area contributed by atoms with E-state index in [4.69, 9.17) is 0 Å². The minimum Gasteiger partial charge on any atom is -0.316 e. The minimum absolute atomic E-state index is 0.102. The van der Waals surface area contributed by atoms with Gasteiger partial charge in [-0.1, -0.05) is 19.4 Å². The van der Waals surface area contributed by atoms with Gasteiger partial charge >= 0.3 is 0 Å². The third-order valence-electron chi connectivity index (χ3n) is 2.93. The van der Waals surface area contributed by atoms with Crippen LogP contribution in [0.5, 0.6) is 0 Å². The summed E-state index contributed by atoms with van der Waals surface area (Å²) in [6, 6.07) is 5.90. The highest BCUT2D eigenvalue weighted by atomic mass is 16.1. The van der Waals surface area contributed by atoms with E-state index in [1.54, 1.807) is 16.7 Å². The number of hydrogen-bond acceptors (Lipinski definition) is 2. The Bertz CT molecular complexity index is 359. The fourth-order valence-corrected chi connectivity index (χ4v) is 1.87. The second-order valence-corrected chi connectivity index (χ2v) is 4.58. The molecular weight excluding hydrogens is 212 g/mol. The molecule has 0 radical (unpaired) electrons. The lowest BCUT2D eigenvalue weighted by Crippen LogP contribution is -2.26. The van der Waals surface area contributed by atoms with Gasteiger partial charge in [0.25, 0.3) is 0 Å². The van der Waals surface area contributed by atoms with E-state index < -0.39 is 0 Å². The van der Waals surface area contributed by atoms with Crippen LogP contribution in [-0.2, 0) is 6.54 Å². The highest BCUT2D eigenvalue weighted by Gasteiger charge is 2.00. The summed E-state index contributed by atoms with van der Waals surface area (Å²) < 4.78 is 1.78. The number of nitrogens with zero attached hydrogens (tertiary/aromatic N) is 1. The lowest BCUT2D eigenvalue weighted by molar-refractivity contribution is 0.473. The molecule has 0 saturated heterocycles. The van der Waals surface area contributed by atoms with Gasteiger partial charge < -0.3 is 9.88 Å². The van der Waals surface area contributed by atoms with Crippen LogP contribution in [0, 0.1) is 0 Å². The van der Waals surface area contributed by atoms with E-state index >= 15 is 0 Å². The molecule has 0 aliphatic heterocycles. The Labute approximate surface area is 104 Å². The number of aromatic nitrogens is 1. The first-order valence-electron chi connectivity index (χ1n) is 6.63. The maximum atomic E-state index is 11.4. The molecular formula is C14H24N2O. The highest BCUT2D eigenvalue weighted by Crippen LogP contribution is 2.02. The molecule has 3 nitrogen and oxygen atoms in total. The predicted molar refractivity (Wildman–Crippen MR) is 72.3 cm³/mol. The smallest absolute Gasteiger partial charge is 0.250 e. The van der Waals surface area contributed by atoms with Crippen molar-refractivity contribution in [2.24, 2.45) is 0 Å². The fraction of sp³-hybridized carbons (Fsp3) is 0.643. The second kappa shape index (κ2) is 8.07. The Morgan fingerprint density at radius 1 is 1.35 bits per heavy atom. The number of nitrogens with one attached hydrogen (secondary N) is 1. The van der Waals surface area contributed by atoms with Crippen LogP contribution >= 0.6 is 0 Å². The Kier molecular flexibility index (Phi) is 6.63. The van der Waals surface area contributed by atoms with Crippen molar-refractivity contribution < 1.29 is 0 Å². The average molecular weight is 236 g/mol. The first-order valence-corrected chi connectivity index (χ1v) is 6.63. The molecule has 0 saturated carbocycles. The van der Waals surface area contributed by atoms with Gasteiger partial charge in [-0.05, 0) is 38.8 Å².